The lowest BCUT2D eigenvalue weighted by Gasteiger charge is -2.29. The van der Waals surface area contributed by atoms with E-state index in [2.05, 4.69) is 10.2 Å². The first-order valence-corrected chi connectivity index (χ1v) is 10.3. The molecule has 3 N–H and O–H groups in total. The Bertz CT molecular complexity index is 827. The average molecular weight is 400 g/mol. The quantitative estimate of drug-likeness (QED) is 0.663. The van der Waals surface area contributed by atoms with Crippen molar-refractivity contribution in [3.05, 3.63) is 34.9 Å². The molecule has 3 aliphatic rings. The lowest BCUT2D eigenvalue weighted by atomic mass is 10.0. The molecule has 8 nitrogen and oxygen atoms in total. The second-order valence-corrected chi connectivity index (χ2v) is 8.03. The Morgan fingerprint density at radius 1 is 1.24 bits per heavy atom. The molecule has 3 aliphatic heterocycles. The number of hydrogen-bond donors (Lipinski definition) is 2. The number of nitrogens with one attached hydrogen (secondary N) is 1. The summed E-state index contributed by atoms with van der Waals surface area (Å²) >= 11 is 0. The lowest BCUT2D eigenvalue weighted by Crippen LogP contribution is -2.52. The van der Waals surface area contributed by atoms with Gasteiger partial charge in [0.25, 0.3) is 5.91 Å². The Balaban J connectivity index is 1.50. The van der Waals surface area contributed by atoms with E-state index in [1.807, 2.05) is 25.1 Å². The van der Waals surface area contributed by atoms with Crippen molar-refractivity contribution in [2.75, 3.05) is 26.2 Å². The van der Waals surface area contributed by atoms with E-state index in [9.17, 15) is 14.4 Å². The van der Waals surface area contributed by atoms with E-state index in [-0.39, 0.29) is 30.2 Å². The zero-order chi connectivity index (χ0) is 20.5. The van der Waals surface area contributed by atoms with E-state index in [1.165, 1.54) is 0 Å². The van der Waals surface area contributed by atoms with Gasteiger partial charge in [0.1, 0.15) is 6.04 Å². The van der Waals surface area contributed by atoms with Crippen molar-refractivity contribution in [3.8, 4) is 0 Å². The molecular formula is C21H28N4O4. The van der Waals surface area contributed by atoms with Crippen molar-refractivity contribution in [2.45, 2.75) is 45.0 Å². The highest BCUT2D eigenvalue weighted by atomic mass is 16.5. The molecule has 1 aromatic rings. The van der Waals surface area contributed by atoms with Gasteiger partial charge in [0.05, 0.1) is 6.10 Å². The van der Waals surface area contributed by atoms with Crippen LogP contribution in [0.25, 0.3) is 0 Å². The maximum absolute atomic E-state index is 13.0. The predicted octanol–water partition coefficient (Wildman–Crippen LogP) is 0.243. The molecule has 29 heavy (non-hydrogen) atoms. The first-order valence-electron chi connectivity index (χ1n) is 10.3. The van der Waals surface area contributed by atoms with Gasteiger partial charge in [0.15, 0.2) is 0 Å². The third-order valence-corrected chi connectivity index (χ3v) is 6.21. The van der Waals surface area contributed by atoms with Crippen molar-refractivity contribution in [2.24, 2.45) is 11.7 Å². The summed E-state index contributed by atoms with van der Waals surface area (Å²) in [5.74, 6) is -0.476. The van der Waals surface area contributed by atoms with Gasteiger partial charge in [-0.05, 0) is 37.1 Å². The zero-order valence-corrected chi connectivity index (χ0v) is 16.7. The maximum Gasteiger partial charge on any atom is 0.255 e. The van der Waals surface area contributed by atoms with Crippen LogP contribution in [0.4, 0.5) is 0 Å². The summed E-state index contributed by atoms with van der Waals surface area (Å²) in [7, 11) is 0. The fourth-order valence-electron chi connectivity index (χ4n) is 4.72. The number of carbonyl (C=O) groups excluding carboxylic acids is 3. The Labute approximate surface area is 170 Å². The normalized spacial score (nSPS) is 27.4. The standard InChI is InChI=1S/C21H28N4O4/c1-2-29-18-12-24(10-14(18)8-22)9-13-4-3-5-15-16(13)11-25(21(15)28)17-6-7-19(26)23-20(17)27/h3-5,14,17-18H,2,6-12,22H2,1H3,(H,23,26,27)/t14-,17?,18-/m1/s1. The fourth-order valence-corrected chi connectivity index (χ4v) is 4.72. The van der Waals surface area contributed by atoms with Gasteiger partial charge in [-0.3, -0.25) is 24.6 Å². The highest BCUT2D eigenvalue weighted by Gasteiger charge is 2.40. The van der Waals surface area contributed by atoms with Crippen LogP contribution in [0.15, 0.2) is 18.2 Å². The summed E-state index contributed by atoms with van der Waals surface area (Å²) in [5.41, 5.74) is 8.65. The Morgan fingerprint density at radius 3 is 2.79 bits per heavy atom. The number of amides is 3. The molecule has 3 amide bonds. The molecule has 0 saturated carbocycles. The first kappa shape index (κ1) is 20.0. The molecule has 156 valence electrons. The van der Waals surface area contributed by atoms with Crippen LogP contribution < -0.4 is 11.1 Å². The van der Waals surface area contributed by atoms with Crippen LogP contribution in [0.5, 0.6) is 0 Å². The molecule has 0 aromatic heterocycles. The summed E-state index contributed by atoms with van der Waals surface area (Å²) in [6, 6.07) is 5.18. The van der Waals surface area contributed by atoms with E-state index in [4.69, 9.17) is 10.5 Å². The molecule has 3 heterocycles. The molecule has 3 atom stereocenters. The second kappa shape index (κ2) is 8.22. The third kappa shape index (κ3) is 3.80. The maximum atomic E-state index is 13.0. The highest BCUT2D eigenvalue weighted by molar-refractivity contribution is 6.05. The number of nitrogens with zero attached hydrogens (tertiary/aromatic N) is 2. The third-order valence-electron chi connectivity index (χ3n) is 6.21. The average Bonchev–Trinajstić information content (AvgIpc) is 3.24. The van der Waals surface area contributed by atoms with Crippen LogP contribution in [-0.4, -0.2) is 65.9 Å². The molecule has 1 aromatic carbocycles. The molecule has 8 heteroatoms. The molecule has 4 rings (SSSR count). The van der Waals surface area contributed by atoms with Gasteiger partial charge in [0.2, 0.25) is 11.8 Å². The molecule has 2 fully saturated rings. The summed E-state index contributed by atoms with van der Waals surface area (Å²) in [5, 5.41) is 2.35. The summed E-state index contributed by atoms with van der Waals surface area (Å²) in [6.45, 7) is 6.08. The molecule has 0 spiro atoms. The first-order chi connectivity index (χ1) is 14.0. The number of carbonyl (C=O) groups is 3. The molecule has 0 bridgehead atoms. The SMILES string of the molecule is CCO[C@@H]1CN(Cc2cccc3c2CN(C2CCC(=O)NC2=O)C3=O)C[C@H]1CN. The van der Waals surface area contributed by atoms with E-state index < -0.39 is 6.04 Å². The van der Waals surface area contributed by atoms with Gasteiger partial charge >= 0.3 is 0 Å². The van der Waals surface area contributed by atoms with Gasteiger partial charge in [-0.25, -0.2) is 0 Å². The number of imide groups is 1. The fraction of sp³-hybridized carbons (Fsp3) is 0.571. The number of likely N-dealkylation sites (tertiary alicyclic amines) is 1. The monoisotopic (exact) mass is 400 g/mol. The molecule has 0 aliphatic carbocycles. The van der Waals surface area contributed by atoms with E-state index in [0.29, 0.717) is 37.6 Å². The largest absolute Gasteiger partial charge is 0.377 e. The topological polar surface area (TPSA) is 105 Å². The van der Waals surface area contributed by atoms with Crippen LogP contribution in [-0.2, 0) is 27.4 Å². The minimum absolute atomic E-state index is 0.134. The number of hydrogen-bond acceptors (Lipinski definition) is 6. The highest BCUT2D eigenvalue weighted by Crippen LogP contribution is 2.31. The van der Waals surface area contributed by atoms with Gasteiger partial charge in [0, 0.05) is 50.7 Å². The van der Waals surface area contributed by atoms with Crippen molar-refractivity contribution in [1.82, 2.24) is 15.1 Å². The number of piperidine rings is 1. The van der Waals surface area contributed by atoms with E-state index >= 15 is 0 Å². The van der Waals surface area contributed by atoms with E-state index in [0.717, 1.165) is 30.8 Å². The predicted molar refractivity (Wildman–Crippen MR) is 106 cm³/mol. The minimum Gasteiger partial charge on any atom is -0.377 e. The van der Waals surface area contributed by atoms with Gasteiger partial charge < -0.3 is 15.4 Å². The smallest absolute Gasteiger partial charge is 0.255 e. The van der Waals surface area contributed by atoms with Crippen molar-refractivity contribution in [1.29, 1.82) is 0 Å². The van der Waals surface area contributed by atoms with Crippen LogP contribution in [0.2, 0.25) is 0 Å². The Morgan fingerprint density at radius 2 is 2.07 bits per heavy atom. The molecule has 0 radical (unpaired) electrons. The van der Waals surface area contributed by atoms with Crippen LogP contribution in [0, 0.1) is 5.92 Å². The number of fused-ring (bicyclic) bond motifs is 1. The number of benzene rings is 1. The Kier molecular flexibility index (Phi) is 5.67. The van der Waals surface area contributed by atoms with Crippen LogP contribution in [0.1, 0.15) is 41.3 Å². The van der Waals surface area contributed by atoms with E-state index in [1.54, 1.807) is 4.90 Å². The van der Waals surface area contributed by atoms with Crippen LogP contribution in [0.3, 0.4) is 0 Å². The number of ether oxygens (including phenoxy) is 1. The van der Waals surface area contributed by atoms with Gasteiger partial charge in [-0.15, -0.1) is 0 Å². The summed E-state index contributed by atoms with van der Waals surface area (Å²) in [4.78, 5) is 40.6. The van der Waals surface area contributed by atoms with Crippen molar-refractivity contribution in [3.63, 3.8) is 0 Å². The lowest BCUT2D eigenvalue weighted by molar-refractivity contribution is -0.136. The molecular weight excluding hydrogens is 372 g/mol. The van der Waals surface area contributed by atoms with Crippen LogP contribution >= 0.6 is 0 Å². The molecule has 2 saturated heterocycles. The van der Waals surface area contributed by atoms with Crippen molar-refractivity contribution < 1.29 is 19.1 Å². The number of nitrogens with two attached hydrogens (primary N) is 1. The molecule has 1 unspecified atom stereocenters. The zero-order valence-electron chi connectivity index (χ0n) is 16.7. The minimum atomic E-state index is -0.587. The summed E-state index contributed by atoms with van der Waals surface area (Å²) in [6.07, 6.45) is 0.777. The van der Waals surface area contributed by atoms with Crippen molar-refractivity contribution >= 4 is 17.7 Å². The van der Waals surface area contributed by atoms with Gasteiger partial charge in [-0.1, -0.05) is 12.1 Å². The second-order valence-electron chi connectivity index (χ2n) is 8.03. The summed E-state index contributed by atoms with van der Waals surface area (Å²) < 4.78 is 5.84. The number of rotatable bonds is 6. The Hall–Kier alpha value is -2.29. The van der Waals surface area contributed by atoms with Gasteiger partial charge in [-0.2, -0.15) is 0 Å².